The molecule has 0 spiro atoms. The summed E-state index contributed by atoms with van der Waals surface area (Å²) in [4.78, 5) is 0. The maximum atomic E-state index is 4.63. The largest absolute Gasteiger partial charge is 0.308 e. The summed E-state index contributed by atoms with van der Waals surface area (Å²) in [6, 6.07) is 0.514. The van der Waals surface area contributed by atoms with E-state index in [1.165, 1.54) is 17.9 Å². The fourth-order valence-corrected chi connectivity index (χ4v) is 2.00. The molecule has 0 bridgehead atoms. The standard InChI is InChI=1S/C10H19N3OS/c1-4-15-6-5-8(2)11-7-10-9(3)12-14-13-10/h8,11H,4-7H2,1-3H3. The second-order valence-corrected chi connectivity index (χ2v) is 4.96. The van der Waals surface area contributed by atoms with Gasteiger partial charge in [0.2, 0.25) is 0 Å². The van der Waals surface area contributed by atoms with Gasteiger partial charge in [0.25, 0.3) is 0 Å². The minimum Gasteiger partial charge on any atom is -0.308 e. The van der Waals surface area contributed by atoms with Crippen molar-refractivity contribution >= 4 is 11.8 Å². The average molecular weight is 229 g/mol. The van der Waals surface area contributed by atoms with Crippen LogP contribution < -0.4 is 5.32 Å². The van der Waals surface area contributed by atoms with Gasteiger partial charge in [0, 0.05) is 12.6 Å². The van der Waals surface area contributed by atoms with Gasteiger partial charge in [0.15, 0.2) is 0 Å². The first-order valence-corrected chi connectivity index (χ1v) is 6.48. The van der Waals surface area contributed by atoms with E-state index < -0.39 is 0 Å². The Kier molecular flexibility index (Phi) is 5.71. The van der Waals surface area contributed by atoms with Crippen molar-refractivity contribution in [2.45, 2.75) is 39.8 Å². The zero-order chi connectivity index (χ0) is 11.1. The van der Waals surface area contributed by atoms with E-state index in [0.717, 1.165) is 17.9 Å². The number of rotatable bonds is 7. The molecule has 4 nitrogen and oxygen atoms in total. The molecule has 0 saturated carbocycles. The lowest BCUT2D eigenvalue weighted by Gasteiger charge is -2.11. The molecule has 0 fully saturated rings. The Morgan fingerprint density at radius 1 is 1.47 bits per heavy atom. The molecule has 0 aliphatic carbocycles. The van der Waals surface area contributed by atoms with Crippen LogP contribution in [0.3, 0.4) is 0 Å². The van der Waals surface area contributed by atoms with Gasteiger partial charge in [-0.05, 0) is 31.8 Å². The molecule has 86 valence electrons. The molecule has 0 aliphatic rings. The molecule has 1 aromatic heterocycles. The van der Waals surface area contributed by atoms with Crippen LogP contribution >= 0.6 is 11.8 Å². The third kappa shape index (κ3) is 4.66. The molecule has 1 aromatic rings. The highest BCUT2D eigenvalue weighted by atomic mass is 32.2. The van der Waals surface area contributed by atoms with Crippen molar-refractivity contribution in [1.29, 1.82) is 0 Å². The molecule has 0 aliphatic heterocycles. The smallest absolute Gasteiger partial charge is 0.121 e. The number of aryl methyl sites for hydroxylation is 1. The van der Waals surface area contributed by atoms with Gasteiger partial charge in [-0.15, -0.1) is 0 Å². The minimum atomic E-state index is 0.514. The second-order valence-electron chi connectivity index (χ2n) is 3.56. The predicted octanol–water partition coefficient (Wildman–Crippen LogP) is 2.00. The van der Waals surface area contributed by atoms with Gasteiger partial charge in [0.1, 0.15) is 11.4 Å². The lowest BCUT2D eigenvalue weighted by Crippen LogP contribution is -2.26. The van der Waals surface area contributed by atoms with Crippen molar-refractivity contribution < 1.29 is 4.63 Å². The Labute approximate surface area is 95.2 Å². The van der Waals surface area contributed by atoms with E-state index in [9.17, 15) is 0 Å². The molecule has 5 heteroatoms. The van der Waals surface area contributed by atoms with Crippen LogP contribution in [0, 0.1) is 6.92 Å². The maximum absolute atomic E-state index is 4.63. The van der Waals surface area contributed by atoms with Crippen LogP contribution in [0.4, 0.5) is 0 Å². The lowest BCUT2D eigenvalue weighted by molar-refractivity contribution is 0.299. The van der Waals surface area contributed by atoms with Crippen LogP contribution in [0.15, 0.2) is 4.63 Å². The molecule has 0 radical (unpaired) electrons. The fraction of sp³-hybridized carbons (Fsp3) is 0.800. The average Bonchev–Trinajstić information content (AvgIpc) is 2.61. The van der Waals surface area contributed by atoms with Crippen molar-refractivity contribution in [3.8, 4) is 0 Å². The van der Waals surface area contributed by atoms with Gasteiger partial charge in [-0.1, -0.05) is 17.2 Å². The molecule has 0 saturated heterocycles. The third-order valence-electron chi connectivity index (χ3n) is 2.26. The van der Waals surface area contributed by atoms with Gasteiger partial charge >= 0.3 is 0 Å². The van der Waals surface area contributed by atoms with Crippen molar-refractivity contribution in [3.63, 3.8) is 0 Å². The van der Waals surface area contributed by atoms with Crippen molar-refractivity contribution in [3.05, 3.63) is 11.4 Å². The summed E-state index contributed by atoms with van der Waals surface area (Å²) in [7, 11) is 0. The van der Waals surface area contributed by atoms with Crippen molar-refractivity contribution in [2.24, 2.45) is 0 Å². The Balaban J connectivity index is 2.16. The molecule has 1 atom stereocenters. The highest BCUT2D eigenvalue weighted by Crippen LogP contribution is 2.05. The summed E-state index contributed by atoms with van der Waals surface area (Å²) in [5.74, 6) is 2.40. The van der Waals surface area contributed by atoms with Crippen LogP contribution in [0.2, 0.25) is 0 Å². The van der Waals surface area contributed by atoms with E-state index in [1.54, 1.807) is 0 Å². The van der Waals surface area contributed by atoms with Crippen LogP contribution in [0.5, 0.6) is 0 Å². The number of hydrogen-bond donors (Lipinski definition) is 1. The van der Waals surface area contributed by atoms with E-state index in [0.29, 0.717) is 6.04 Å². The highest BCUT2D eigenvalue weighted by molar-refractivity contribution is 7.99. The lowest BCUT2D eigenvalue weighted by atomic mass is 10.2. The zero-order valence-electron chi connectivity index (χ0n) is 9.62. The Morgan fingerprint density at radius 2 is 2.27 bits per heavy atom. The quantitative estimate of drug-likeness (QED) is 0.725. The summed E-state index contributed by atoms with van der Waals surface area (Å²) >= 11 is 1.98. The SMILES string of the molecule is CCSCCC(C)NCc1nonc1C. The monoisotopic (exact) mass is 229 g/mol. The highest BCUT2D eigenvalue weighted by Gasteiger charge is 2.06. The van der Waals surface area contributed by atoms with E-state index >= 15 is 0 Å². The van der Waals surface area contributed by atoms with Crippen LogP contribution in [-0.4, -0.2) is 27.9 Å². The third-order valence-corrected chi connectivity index (χ3v) is 3.20. The Hall–Kier alpha value is -0.550. The summed E-state index contributed by atoms with van der Waals surface area (Å²) in [5.41, 5.74) is 1.78. The number of nitrogens with one attached hydrogen (secondary N) is 1. The molecule has 1 rings (SSSR count). The molecule has 1 unspecified atom stereocenters. The Bertz CT molecular complexity index is 277. The molecule has 1 N–H and O–H groups in total. The van der Waals surface area contributed by atoms with Crippen LogP contribution in [-0.2, 0) is 6.54 Å². The van der Waals surface area contributed by atoms with Gasteiger partial charge in [-0.3, -0.25) is 0 Å². The summed E-state index contributed by atoms with van der Waals surface area (Å²) < 4.78 is 4.63. The number of thioether (sulfide) groups is 1. The minimum absolute atomic E-state index is 0.514. The number of nitrogens with zero attached hydrogens (tertiary/aromatic N) is 2. The summed E-state index contributed by atoms with van der Waals surface area (Å²) in [6.07, 6.45) is 1.18. The first-order chi connectivity index (χ1) is 7.24. The molecular weight excluding hydrogens is 210 g/mol. The summed E-state index contributed by atoms with van der Waals surface area (Å²) in [6.45, 7) is 7.03. The maximum Gasteiger partial charge on any atom is 0.121 e. The Morgan fingerprint density at radius 3 is 2.87 bits per heavy atom. The predicted molar refractivity (Wildman–Crippen MR) is 63.0 cm³/mol. The van der Waals surface area contributed by atoms with Crippen molar-refractivity contribution in [2.75, 3.05) is 11.5 Å². The van der Waals surface area contributed by atoms with Gasteiger partial charge in [0.05, 0.1) is 0 Å². The number of aromatic nitrogens is 2. The van der Waals surface area contributed by atoms with Crippen molar-refractivity contribution in [1.82, 2.24) is 15.6 Å². The van der Waals surface area contributed by atoms with Crippen LogP contribution in [0.1, 0.15) is 31.7 Å². The van der Waals surface area contributed by atoms with E-state index in [1.807, 2.05) is 18.7 Å². The van der Waals surface area contributed by atoms with Gasteiger partial charge in [-0.25, -0.2) is 4.63 Å². The van der Waals surface area contributed by atoms with Gasteiger partial charge < -0.3 is 5.32 Å². The zero-order valence-corrected chi connectivity index (χ0v) is 10.4. The summed E-state index contributed by atoms with van der Waals surface area (Å²) in [5, 5.41) is 11.0. The van der Waals surface area contributed by atoms with Crippen LogP contribution in [0.25, 0.3) is 0 Å². The molecule has 0 aromatic carbocycles. The number of hydrogen-bond acceptors (Lipinski definition) is 5. The normalized spacial score (nSPS) is 13.0. The molecular formula is C10H19N3OS. The van der Waals surface area contributed by atoms with E-state index in [4.69, 9.17) is 0 Å². The first kappa shape index (κ1) is 12.5. The second kappa shape index (κ2) is 6.85. The van der Waals surface area contributed by atoms with Gasteiger partial charge in [-0.2, -0.15) is 11.8 Å². The molecule has 15 heavy (non-hydrogen) atoms. The van der Waals surface area contributed by atoms with E-state index in [-0.39, 0.29) is 0 Å². The molecule has 1 heterocycles. The molecule has 0 amide bonds. The first-order valence-electron chi connectivity index (χ1n) is 5.33. The van der Waals surface area contributed by atoms with E-state index in [2.05, 4.69) is 34.1 Å². The topological polar surface area (TPSA) is 51.0 Å². The fourth-order valence-electron chi connectivity index (χ4n) is 1.19.